The zero-order valence-electron chi connectivity index (χ0n) is 10.9. The number of aromatic nitrogens is 2. The normalized spacial score (nSPS) is 10.9. The van der Waals surface area contributed by atoms with Crippen LogP contribution in [0.1, 0.15) is 46.2 Å². The summed E-state index contributed by atoms with van der Waals surface area (Å²) in [5.74, 6) is 0. The third-order valence-corrected chi connectivity index (χ3v) is 1.95. The van der Waals surface area contributed by atoms with Crippen molar-refractivity contribution in [1.29, 1.82) is 0 Å². The fourth-order valence-electron chi connectivity index (χ4n) is 1.31. The number of pyridine rings is 1. The molecule has 2 heterocycles. The fourth-order valence-corrected chi connectivity index (χ4v) is 1.31. The predicted octanol–water partition coefficient (Wildman–Crippen LogP) is 3.41. The number of hydrogen-bond donors (Lipinski definition) is 1. The lowest BCUT2D eigenvalue weighted by Crippen LogP contribution is -2.03. The number of rotatable bonds is 1. The van der Waals surface area contributed by atoms with E-state index in [-0.39, 0.29) is 6.04 Å². The Labute approximate surface area is 98.3 Å². The summed E-state index contributed by atoms with van der Waals surface area (Å²) in [6.45, 7) is 9.96. The molecule has 0 saturated heterocycles. The Balaban J connectivity index is 0.000000509. The second-order valence-corrected chi connectivity index (χ2v) is 2.92. The minimum atomic E-state index is 0.0462. The molecule has 0 aliphatic rings. The maximum absolute atomic E-state index is 5.77. The quantitative estimate of drug-likeness (QED) is 0.802. The monoisotopic (exact) mass is 221 g/mol. The minimum Gasteiger partial charge on any atom is -0.324 e. The highest BCUT2D eigenvalue weighted by Gasteiger charge is 2.05. The van der Waals surface area contributed by atoms with Gasteiger partial charge < -0.3 is 5.73 Å². The van der Waals surface area contributed by atoms with Gasteiger partial charge in [-0.1, -0.05) is 33.8 Å². The van der Waals surface area contributed by atoms with Crippen LogP contribution in [0.25, 0.3) is 5.52 Å². The summed E-state index contributed by atoms with van der Waals surface area (Å²) in [5, 5.41) is 4.18. The van der Waals surface area contributed by atoms with E-state index >= 15 is 0 Å². The summed E-state index contributed by atoms with van der Waals surface area (Å²) in [6.07, 6.45) is 3.74. The van der Waals surface area contributed by atoms with Gasteiger partial charge in [-0.15, -0.1) is 0 Å². The summed E-state index contributed by atoms with van der Waals surface area (Å²) >= 11 is 0. The number of nitrogens with zero attached hydrogens (tertiary/aromatic N) is 2. The first-order chi connectivity index (χ1) is 7.79. The van der Waals surface area contributed by atoms with E-state index in [1.54, 1.807) is 0 Å². The van der Waals surface area contributed by atoms with Crippen LogP contribution in [0.5, 0.6) is 0 Å². The van der Waals surface area contributed by atoms with Gasteiger partial charge in [0.25, 0.3) is 0 Å². The Morgan fingerprint density at radius 2 is 1.81 bits per heavy atom. The maximum Gasteiger partial charge on any atom is 0.0709 e. The van der Waals surface area contributed by atoms with Crippen molar-refractivity contribution >= 4 is 5.52 Å². The van der Waals surface area contributed by atoms with Gasteiger partial charge in [-0.25, -0.2) is 4.52 Å². The summed E-state index contributed by atoms with van der Waals surface area (Å²) in [6, 6.07) is 6.00. The zero-order valence-corrected chi connectivity index (χ0v) is 10.9. The van der Waals surface area contributed by atoms with Crippen LogP contribution in [-0.2, 0) is 0 Å². The topological polar surface area (TPSA) is 43.3 Å². The van der Waals surface area contributed by atoms with Crippen molar-refractivity contribution in [3.8, 4) is 0 Å². The van der Waals surface area contributed by atoms with E-state index in [2.05, 4.69) is 5.10 Å². The van der Waals surface area contributed by atoms with Gasteiger partial charge in [0.2, 0.25) is 0 Å². The van der Waals surface area contributed by atoms with Gasteiger partial charge in [-0.05, 0) is 19.1 Å². The van der Waals surface area contributed by atoms with Crippen molar-refractivity contribution in [3.63, 3.8) is 0 Å². The van der Waals surface area contributed by atoms with E-state index in [0.717, 1.165) is 11.1 Å². The van der Waals surface area contributed by atoms with Gasteiger partial charge in [0, 0.05) is 17.8 Å². The number of fused-ring (bicyclic) bond motifs is 1. The van der Waals surface area contributed by atoms with Gasteiger partial charge in [-0.3, -0.25) is 0 Å². The molecule has 2 aromatic heterocycles. The summed E-state index contributed by atoms with van der Waals surface area (Å²) < 4.78 is 1.83. The molecule has 0 saturated carbocycles. The first kappa shape index (κ1) is 14.6. The van der Waals surface area contributed by atoms with Crippen LogP contribution in [0.2, 0.25) is 0 Å². The number of nitrogens with two attached hydrogens (primary N) is 1. The van der Waals surface area contributed by atoms with Crippen molar-refractivity contribution in [3.05, 3.63) is 36.2 Å². The van der Waals surface area contributed by atoms with Gasteiger partial charge >= 0.3 is 0 Å². The smallest absolute Gasteiger partial charge is 0.0709 e. The highest BCUT2D eigenvalue weighted by Crippen LogP contribution is 2.15. The lowest BCUT2D eigenvalue weighted by molar-refractivity contribution is 0.826. The standard InChI is InChI=1S/C9H11N3.2C2H6/c1-7(10)8-6-11-12-5-3-2-4-9(8)12;2*1-2/h2-7H,10H2,1H3;2*1-2H3. The largest absolute Gasteiger partial charge is 0.324 e. The van der Waals surface area contributed by atoms with Crippen LogP contribution < -0.4 is 5.73 Å². The van der Waals surface area contributed by atoms with Crippen LogP contribution in [0.4, 0.5) is 0 Å². The van der Waals surface area contributed by atoms with Gasteiger partial charge in [0.15, 0.2) is 0 Å². The zero-order chi connectivity index (χ0) is 12.6. The molecule has 0 aliphatic heterocycles. The highest BCUT2D eigenvalue weighted by atomic mass is 15.2. The van der Waals surface area contributed by atoms with E-state index in [1.165, 1.54) is 0 Å². The average molecular weight is 221 g/mol. The Hall–Kier alpha value is -1.35. The molecule has 0 aromatic carbocycles. The van der Waals surface area contributed by atoms with Crippen LogP contribution in [0.15, 0.2) is 30.6 Å². The molecular weight excluding hydrogens is 198 g/mol. The summed E-state index contributed by atoms with van der Waals surface area (Å²) in [5.41, 5.74) is 7.95. The first-order valence-corrected chi connectivity index (χ1v) is 5.97. The van der Waals surface area contributed by atoms with Crippen molar-refractivity contribution < 1.29 is 0 Å². The molecule has 0 spiro atoms. The second-order valence-electron chi connectivity index (χ2n) is 2.92. The van der Waals surface area contributed by atoms with E-state index in [0.29, 0.717) is 0 Å². The molecule has 2 N–H and O–H groups in total. The molecule has 0 aliphatic carbocycles. The maximum atomic E-state index is 5.77. The lowest BCUT2D eigenvalue weighted by atomic mass is 10.1. The Kier molecular flexibility index (Phi) is 7.21. The molecule has 3 heteroatoms. The molecule has 1 unspecified atom stereocenters. The Morgan fingerprint density at radius 1 is 1.19 bits per heavy atom. The molecule has 0 radical (unpaired) electrons. The van der Waals surface area contributed by atoms with Gasteiger partial charge in [-0.2, -0.15) is 5.10 Å². The molecule has 0 bridgehead atoms. The Bertz CT molecular complexity index is 391. The fraction of sp³-hybridized carbons (Fsp3) is 0.462. The van der Waals surface area contributed by atoms with Crippen molar-refractivity contribution in [2.75, 3.05) is 0 Å². The van der Waals surface area contributed by atoms with Crippen LogP contribution >= 0.6 is 0 Å². The van der Waals surface area contributed by atoms with Crippen molar-refractivity contribution in [2.45, 2.75) is 40.7 Å². The SMILES string of the molecule is CC.CC.CC(N)c1cnn2ccccc12. The van der Waals surface area contributed by atoms with E-state index in [4.69, 9.17) is 5.73 Å². The molecule has 0 fully saturated rings. The summed E-state index contributed by atoms with van der Waals surface area (Å²) in [4.78, 5) is 0. The third kappa shape index (κ3) is 3.35. The van der Waals surface area contributed by atoms with E-state index in [1.807, 2.05) is 69.7 Å². The van der Waals surface area contributed by atoms with E-state index in [9.17, 15) is 0 Å². The molecular formula is C13H23N3. The van der Waals surface area contributed by atoms with Crippen LogP contribution in [-0.4, -0.2) is 9.61 Å². The van der Waals surface area contributed by atoms with E-state index < -0.39 is 0 Å². The number of hydrogen-bond acceptors (Lipinski definition) is 2. The molecule has 16 heavy (non-hydrogen) atoms. The first-order valence-electron chi connectivity index (χ1n) is 5.97. The van der Waals surface area contributed by atoms with Crippen LogP contribution in [0.3, 0.4) is 0 Å². The van der Waals surface area contributed by atoms with Crippen molar-refractivity contribution in [2.24, 2.45) is 5.73 Å². The Morgan fingerprint density at radius 3 is 2.38 bits per heavy atom. The molecule has 90 valence electrons. The summed E-state index contributed by atoms with van der Waals surface area (Å²) in [7, 11) is 0. The second kappa shape index (κ2) is 7.88. The molecule has 2 aromatic rings. The van der Waals surface area contributed by atoms with Gasteiger partial charge in [0.1, 0.15) is 0 Å². The third-order valence-electron chi connectivity index (χ3n) is 1.95. The average Bonchev–Trinajstić information content (AvgIpc) is 2.78. The molecule has 2 rings (SSSR count). The highest BCUT2D eigenvalue weighted by molar-refractivity contribution is 5.54. The molecule has 3 nitrogen and oxygen atoms in total. The predicted molar refractivity (Wildman–Crippen MR) is 70.5 cm³/mol. The minimum absolute atomic E-state index is 0.0462. The van der Waals surface area contributed by atoms with Crippen LogP contribution in [0, 0.1) is 0 Å². The van der Waals surface area contributed by atoms with Gasteiger partial charge in [0.05, 0.1) is 11.7 Å². The van der Waals surface area contributed by atoms with Crippen molar-refractivity contribution in [1.82, 2.24) is 9.61 Å². The lowest BCUT2D eigenvalue weighted by Gasteiger charge is -2.00. The molecule has 0 amide bonds. The molecule has 1 atom stereocenters.